The van der Waals surface area contributed by atoms with Crippen molar-refractivity contribution in [1.82, 2.24) is 20.0 Å². The fourth-order valence-electron chi connectivity index (χ4n) is 3.97. The Morgan fingerprint density at radius 1 is 1.33 bits per heavy atom. The molecule has 0 saturated carbocycles. The predicted octanol–water partition coefficient (Wildman–Crippen LogP) is 2.45. The van der Waals surface area contributed by atoms with Crippen molar-refractivity contribution in [3.8, 4) is 0 Å². The summed E-state index contributed by atoms with van der Waals surface area (Å²) in [6, 6.07) is 6.86. The van der Waals surface area contributed by atoms with Gasteiger partial charge in [-0.25, -0.2) is 4.99 Å². The summed E-state index contributed by atoms with van der Waals surface area (Å²) in [5.41, 5.74) is 5.44. The fraction of sp³-hybridized carbons (Fsp3) is 0.524. The van der Waals surface area contributed by atoms with Gasteiger partial charge in [0.25, 0.3) is 0 Å². The molecule has 0 bridgehead atoms. The minimum absolute atomic E-state index is 0.0382. The molecule has 1 unspecified atom stereocenters. The van der Waals surface area contributed by atoms with E-state index in [1.54, 1.807) is 0 Å². The van der Waals surface area contributed by atoms with Gasteiger partial charge in [0, 0.05) is 31.9 Å². The quantitative estimate of drug-likeness (QED) is 0.666. The van der Waals surface area contributed by atoms with Crippen LogP contribution in [0, 0.1) is 0 Å². The van der Waals surface area contributed by atoms with E-state index in [1.165, 1.54) is 36.0 Å². The van der Waals surface area contributed by atoms with Crippen molar-refractivity contribution in [2.45, 2.75) is 38.8 Å². The number of nitrogens with zero attached hydrogens (tertiary/aromatic N) is 4. The highest BCUT2D eigenvalue weighted by Crippen LogP contribution is 2.24. The number of benzene rings is 1. The van der Waals surface area contributed by atoms with Gasteiger partial charge < -0.3 is 15.0 Å². The number of hydrogen-bond acceptors (Lipinski definition) is 3. The van der Waals surface area contributed by atoms with Gasteiger partial charge in [-0.05, 0) is 42.9 Å². The van der Waals surface area contributed by atoms with E-state index in [2.05, 4.69) is 40.4 Å². The summed E-state index contributed by atoms with van der Waals surface area (Å²) in [7, 11) is 1.94. The van der Waals surface area contributed by atoms with E-state index < -0.39 is 0 Å². The minimum Gasteiger partial charge on any atom is -0.370 e. The number of morpholine rings is 1. The molecule has 6 nitrogen and oxygen atoms in total. The lowest BCUT2D eigenvalue weighted by Gasteiger charge is -2.34. The van der Waals surface area contributed by atoms with Crippen LogP contribution in [-0.4, -0.2) is 46.9 Å². The van der Waals surface area contributed by atoms with Crippen LogP contribution in [-0.2, 0) is 31.2 Å². The third-order valence-corrected chi connectivity index (χ3v) is 5.37. The molecule has 0 radical (unpaired) electrons. The highest BCUT2D eigenvalue weighted by atomic mass is 16.5. The summed E-state index contributed by atoms with van der Waals surface area (Å²) in [5.74, 6) is 0.968. The zero-order chi connectivity index (χ0) is 18.6. The third kappa shape index (κ3) is 4.16. The molecule has 1 aromatic heterocycles. The Bertz CT molecular complexity index is 813. The molecule has 1 atom stereocenters. The molecule has 144 valence electrons. The van der Waals surface area contributed by atoms with E-state index in [-0.39, 0.29) is 6.10 Å². The van der Waals surface area contributed by atoms with Crippen molar-refractivity contribution >= 4 is 5.96 Å². The van der Waals surface area contributed by atoms with E-state index in [0.717, 1.165) is 31.2 Å². The standard InChI is InChI=1S/C21H29N5O/c1-3-22-21(23-12-16-7-8-17-5-4-6-18(17)11-16)26-9-10-27-20(15-26)19-13-24-25(2)14-19/h7-8,11,13-14,20H,3-6,9-10,12,15H2,1-2H3,(H,22,23). The molecule has 1 aromatic carbocycles. The van der Waals surface area contributed by atoms with Crippen molar-refractivity contribution in [1.29, 1.82) is 0 Å². The highest BCUT2D eigenvalue weighted by molar-refractivity contribution is 5.80. The van der Waals surface area contributed by atoms with E-state index in [4.69, 9.17) is 9.73 Å². The van der Waals surface area contributed by atoms with Crippen LogP contribution in [0.25, 0.3) is 0 Å². The third-order valence-electron chi connectivity index (χ3n) is 5.37. The smallest absolute Gasteiger partial charge is 0.194 e. The maximum atomic E-state index is 5.97. The van der Waals surface area contributed by atoms with E-state index in [9.17, 15) is 0 Å². The van der Waals surface area contributed by atoms with E-state index in [0.29, 0.717) is 13.2 Å². The second-order valence-corrected chi connectivity index (χ2v) is 7.38. The molecule has 1 aliphatic carbocycles. The number of rotatable bonds is 4. The molecule has 6 heteroatoms. The summed E-state index contributed by atoms with van der Waals surface area (Å²) >= 11 is 0. The molecule has 4 rings (SSSR count). The summed E-state index contributed by atoms with van der Waals surface area (Å²) < 4.78 is 7.80. The number of aliphatic imine (C=N–C) groups is 1. The van der Waals surface area contributed by atoms with Gasteiger partial charge in [-0.1, -0.05) is 18.2 Å². The molecule has 27 heavy (non-hydrogen) atoms. The minimum atomic E-state index is 0.0382. The van der Waals surface area contributed by atoms with Crippen LogP contribution >= 0.6 is 0 Å². The molecular formula is C21H29N5O. The molecule has 1 fully saturated rings. The Morgan fingerprint density at radius 3 is 3.04 bits per heavy atom. The number of aromatic nitrogens is 2. The first kappa shape index (κ1) is 18.0. The zero-order valence-corrected chi connectivity index (χ0v) is 16.3. The average molecular weight is 367 g/mol. The molecule has 0 spiro atoms. The summed E-state index contributed by atoms with van der Waals surface area (Å²) in [5, 5.41) is 7.73. The lowest BCUT2D eigenvalue weighted by atomic mass is 10.1. The van der Waals surface area contributed by atoms with Crippen LogP contribution in [0.2, 0.25) is 0 Å². The summed E-state index contributed by atoms with van der Waals surface area (Å²) in [6.07, 6.45) is 7.69. The topological polar surface area (TPSA) is 54.7 Å². The number of fused-ring (bicyclic) bond motifs is 1. The Balaban J connectivity index is 1.47. The van der Waals surface area contributed by atoms with Crippen molar-refractivity contribution in [2.24, 2.45) is 12.0 Å². The second kappa shape index (κ2) is 8.13. The van der Waals surface area contributed by atoms with Crippen LogP contribution in [0.3, 0.4) is 0 Å². The maximum Gasteiger partial charge on any atom is 0.194 e. The van der Waals surface area contributed by atoms with Gasteiger partial charge in [0.2, 0.25) is 0 Å². The van der Waals surface area contributed by atoms with Gasteiger partial charge in [0.1, 0.15) is 6.10 Å². The fourth-order valence-corrected chi connectivity index (χ4v) is 3.97. The first-order chi connectivity index (χ1) is 13.2. The number of hydrogen-bond donors (Lipinski definition) is 1. The molecule has 1 aliphatic heterocycles. The monoisotopic (exact) mass is 367 g/mol. The molecule has 2 aromatic rings. The predicted molar refractivity (Wildman–Crippen MR) is 107 cm³/mol. The normalized spacial score (nSPS) is 20.0. The highest BCUT2D eigenvalue weighted by Gasteiger charge is 2.25. The van der Waals surface area contributed by atoms with Gasteiger partial charge >= 0.3 is 0 Å². The zero-order valence-electron chi connectivity index (χ0n) is 16.3. The number of ether oxygens (including phenoxy) is 1. The van der Waals surface area contributed by atoms with Crippen molar-refractivity contribution in [2.75, 3.05) is 26.2 Å². The van der Waals surface area contributed by atoms with Crippen LogP contribution in [0.15, 0.2) is 35.6 Å². The summed E-state index contributed by atoms with van der Waals surface area (Å²) in [4.78, 5) is 7.22. The Kier molecular flexibility index (Phi) is 5.43. The number of guanidine groups is 1. The van der Waals surface area contributed by atoms with Gasteiger partial charge in [-0.3, -0.25) is 4.68 Å². The first-order valence-corrected chi connectivity index (χ1v) is 9.97. The molecule has 2 heterocycles. The summed E-state index contributed by atoms with van der Waals surface area (Å²) in [6.45, 7) is 6.03. The average Bonchev–Trinajstić information content (AvgIpc) is 3.33. The lowest BCUT2D eigenvalue weighted by molar-refractivity contribution is -0.00805. The SMILES string of the molecule is CCNC(=NCc1ccc2c(c1)CCC2)N1CCOC(c2cnn(C)c2)C1. The van der Waals surface area contributed by atoms with Gasteiger partial charge in [0.05, 0.1) is 25.9 Å². The largest absolute Gasteiger partial charge is 0.370 e. The van der Waals surface area contributed by atoms with Crippen molar-refractivity contribution in [3.05, 3.63) is 52.8 Å². The molecule has 1 saturated heterocycles. The van der Waals surface area contributed by atoms with Crippen LogP contribution in [0.1, 0.15) is 41.7 Å². The molecule has 0 amide bonds. The lowest BCUT2D eigenvalue weighted by Crippen LogP contribution is -2.48. The Morgan fingerprint density at radius 2 is 2.22 bits per heavy atom. The number of aryl methyl sites for hydroxylation is 3. The Hall–Kier alpha value is -2.34. The van der Waals surface area contributed by atoms with Crippen molar-refractivity contribution < 1.29 is 4.74 Å². The van der Waals surface area contributed by atoms with E-state index >= 15 is 0 Å². The Labute approximate surface area is 161 Å². The second-order valence-electron chi connectivity index (χ2n) is 7.38. The van der Waals surface area contributed by atoms with Gasteiger partial charge in [-0.15, -0.1) is 0 Å². The first-order valence-electron chi connectivity index (χ1n) is 9.97. The van der Waals surface area contributed by atoms with Gasteiger partial charge in [0.15, 0.2) is 5.96 Å². The molecular weight excluding hydrogens is 338 g/mol. The number of nitrogens with one attached hydrogen (secondary N) is 1. The molecule has 2 aliphatic rings. The van der Waals surface area contributed by atoms with Gasteiger partial charge in [-0.2, -0.15) is 5.10 Å². The van der Waals surface area contributed by atoms with Crippen LogP contribution in [0.4, 0.5) is 0 Å². The molecule has 1 N–H and O–H groups in total. The maximum absolute atomic E-state index is 5.97. The van der Waals surface area contributed by atoms with Crippen LogP contribution in [0.5, 0.6) is 0 Å². The van der Waals surface area contributed by atoms with Crippen LogP contribution < -0.4 is 5.32 Å². The van der Waals surface area contributed by atoms with E-state index in [1.807, 2.05) is 24.1 Å². The van der Waals surface area contributed by atoms with Crippen molar-refractivity contribution in [3.63, 3.8) is 0 Å².